The first-order chi connectivity index (χ1) is 9.53. The van der Waals surface area contributed by atoms with Gasteiger partial charge in [0.05, 0.1) is 0 Å². The van der Waals surface area contributed by atoms with Gasteiger partial charge in [-0.05, 0) is 45.3 Å². The van der Waals surface area contributed by atoms with Crippen LogP contribution < -0.4 is 5.73 Å². The maximum Gasteiger partial charge on any atom is 0.0482 e. The van der Waals surface area contributed by atoms with E-state index in [1.165, 1.54) is 42.4 Å². The number of hydrogen-bond acceptors (Lipinski definition) is 2. The van der Waals surface area contributed by atoms with Crippen molar-refractivity contribution in [3.05, 3.63) is 34.9 Å². The van der Waals surface area contributed by atoms with Gasteiger partial charge in [0.15, 0.2) is 0 Å². The van der Waals surface area contributed by atoms with Gasteiger partial charge in [-0.15, -0.1) is 0 Å². The molecule has 1 atom stereocenters. The Labute approximate surface area is 124 Å². The van der Waals surface area contributed by atoms with Crippen molar-refractivity contribution in [3.63, 3.8) is 0 Å². The van der Waals surface area contributed by atoms with E-state index in [0.29, 0.717) is 0 Å². The van der Waals surface area contributed by atoms with Crippen molar-refractivity contribution in [2.24, 2.45) is 5.73 Å². The third-order valence-corrected chi connectivity index (χ3v) is 5.04. The van der Waals surface area contributed by atoms with Gasteiger partial charge < -0.3 is 5.73 Å². The minimum atomic E-state index is 0.128. The van der Waals surface area contributed by atoms with Gasteiger partial charge in [0.1, 0.15) is 0 Å². The minimum absolute atomic E-state index is 0.128. The normalized spacial score (nSPS) is 19.5. The zero-order valence-corrected chi connectivity index (χ0v) is 13.6. The van der Waals surface area contributed by atoms with Crippen molar-refractivity contribution in [2.45, 2.75) is 65.0 Å². The van der Waals surface area contributed by atoms with Gasteiger partial charge in [-0.25, -0.2) is 0 Å². The van der Waals surface area contributed by atoms with Crippen LogP contribution in [0.15, 0.2) is 18.2 Å². The van der Waals surface area contributed by atoms with Crippen LogP contribution in [0, 0.1) is 13.8 Å². The van der Waals surface area contributed by atoms with Crippen LogP contribution in [-0.4, -0.2) is 23.5 Å². The summed E-state index contributed by atoms with van der Waals surface area (Å²) in [5.41, 5.74) is 10.9. The summed E-state index contributed by atoms with van der Waals surface area (Å²) < 4.78 is 0. The Morgan fingerprint density at radius 1 is 1.05 bits per heavy atom. The standard InChI is InChI=1S/C18H30N2/c1-5-20(6-2)18(9-7-8-10-18)17(19)16-12-14(3)11-15(4)13-16/h11-13,17H,5-10,19H2,1-4H3. The number of nitrogens with two attached hydrogens (primary N) is 1. The number of aryl methyl sites for hydroxylation is 2. The van der Waals surface area contributed by atoms with E-state index in [4.69, 9.17) is 5.73 Å². The van der Waals surface area contributed by atoms with E-state index in [0.717, 1.165) is 13.1 Å². The summed E-state index contributed by atoms with van der Waals surface area (Å²) in [7, 11) is 0. The summed E-state index contributed by atoms with van der Waals surface area (Å²) in [5.74, 6) is 0. The highest BCUT2D eigenvalue weighted by atomic mass is 15.2. The molecule has 2 heteroatoms. The fourth-order valence-corrected chi connectivity index (χ4v) is 4.16. The van der Waals surface area contributed by atoms with E-state index < -0.39 is 0 Å². The SMILES string of the molecule is CCN(CC)C1(C(N)c2cc(C)cc(C)c2)CCCC1. The van der Waals surface area contributed by atoms with Gasteiger partial charge >= 0.3 is 0 Å². The molecule has 0 bridgehead atoms. The van der Waals surface area contributed by atoms with E-state index in [2.05, 4.69) is 50.8 Å². The van der Waals surface area contributed by atoms with Crippen molar-refractivity contribution >= 4 is 0 Å². The fourth-order valence-electron chi connectivity index (χ4n) is 4.16. The molecule has 1 saturated carbocycles. The Bertz CT molecular complexity index is 422. The largest absolute Gasteiger partial charge is 0.322 e. The van der Waals surface area contributed by atoms with Crippen LogP contribution in [0.3, 0.4) is 0 Å². The van der Waals surface area contributed by atoms with Gasteiger partial charge in [-0.2, -0.15) is 0 Å². The molecule has 1 aliphatic carbocycles. The Balaban J connectivity index is 2.38. The third-order valence-electron chi connectivity index (χ3n) is 5.04. The highest BCUT2D eigenvalue weighted by Crippen LogP contribution is 2.43. The van der Waals surface area contributed by atoms with Crippen LogP contribution in [0.25, 0.3) is 0 Å². The summed E-state index contributed by atoms with van der Waals surface area (Å²) in [4.78, 5) is 2.60. The zero-order valence-electron chi connectivity index (χ0n) is 13.6. The molecule has 0 heterocycles. The summed E-state index contributed by atoms with van der Waals surface area (Å²) in [6.07, 6.45) is 5.11. The Kier molecular flexibility index (Phi) is 4.87. The second kappa shape index (κ2) is 6.28. The molecule has 2 N–H and O–H groups in total. The van der Waals surface area contributed by atoms with E-state index in [9.17, 15) is 0 Å². The van der Waals surface area contributed by atoms with E-state index in [-0.39, 0.29) is 11.6 Å². The summed E-state index contributed by atoms with van der Waals surface area (Å²) in [6.45, 7) is 11.0. The molecule has 0 saturated heterocycles. The molecule has 0 radical (unpaired) electrons. The van der Waals surface area contributed by atoms with Crippen LogP contribution in [0.2, 0.25) is 0 Å². The molecular formula is C18H30N2. The highest BCUT2D eigenvalue weighted by Gasteiger charge is 2.43. The lowest BCUT2D eigenvalue weighted by atomic mass is 9.81. The van der Waals surface area contributed by atoms with Gasteiger partial charge in [-0.1, -0.05) is 56.0 Å². The van der Waals surface area contributed by atoms with Crippen LogP contribution in [-0.2, 0) is 0 Å². The number of hydrogen-bond donors (Lipinski definition) is 1. The van der Waals surface area contributed by atoms with E-state index in [1.807, 2.05) is 0 Å². The molecule has 0 amide bonds. The average molecular weight is 274 g/mol. The number of likely N-dealkylation sites (N-methyl/N-ethyl adjacent to an activating group) is 1. The average Bonchev–Trinajstić information content (AvgIpc) is 2.89. The zero-order chi connectivity index (χ0) is 14.8. The van der Waals surface area contributed by atoms with Gasteiger partial charge in [-0.3, -0.25) is 4.90 Å². The van der Waals surface area contributed by atoms with Crippen molar-refractivity contribution in [3.8, 4) is 0 Å². The minimum Gasteiger partial charge on any atom is -0.322 e. The molecule has 20 heavy (non-hydrogen) atoms. The summed E-state index contributed by atoms with van der Waals surface area (Å²) in [5, 5.41) is 0. The second-order valence-corrected chi connectivity index (χ2v) is 6.38. The third kappa shape index (κ3) is 2.77. The molecule has 2 rings (SSSR count). The van der Waals surface area contributed by atoms with Crippen LogP contribution in [0.5, 0.6) is 0 Å². The van der Waals surface area contributed by atoms with Crippen molar-refractivity contribution in [1.29, 1.82) is 0 Å². The fraction of sp³-hybridized carbons (Fsp3) is 0.667. The van der Waals surface area contributed by atoms with Crippen molar-refractivity contribution in [1.82, 2.24) is 4.90 Å². The number of nitrogens with zero attached hydrogens (tertiary/aromatic N) is 1. The topological polar surface area (TPSA) is 29.3 Å². The van der Waals surface area contributed by atoms with Gasteiger partial charge in [0, 0.05) is 11.6 Å². The maximum absolute atomic E-state index is 6.78. The summed E-state index contributed by atoms with van der Waals surface area (Å²) in [6, 6.07) is 6.92. The van der Waals surface area contributed by atoms with Crippen LogP contribution in [0.1, 0.15) is 62.3 Å². The lowest BCUT2D eigenvalue weighted by Crippen LogP contribution is -2.53. The Morgan fingerprint density at radius 3 is 2.00 bits per heavy atom. The quantitative estimate of drug-likeness (QED) is 0.880. The Hall–Kier alpha value is -0.860. The first-order valence-electron chi connectivity index (χ1n) is 8.12. The molecule has 0 aliphatic heterocycles. The lowest BCUT2D eigenvalue weighted by molar-refractivity contribution is 0.0770. The predicted molar refractivity (Wildman–Crippen MR) is 87.0 cm³/mol. The number of benzene rings is 1. The lowest BCUT2D eigenvalue weighted by Gasteiger charge is -2.45. The molecular weight excluding hydrogens is 244 g/mol. The molecule has 2 nitrogen and oxygen atoms in total. The Morgan fingerprint density at radius 2 is 1.55 bits per heavy atom. The molecule has 1 aliphatic rings. The molecule has 112 valence electrons. The molecule has 1 aromatic carbocycles. The van der Waals surface area contributed by atoms with Gasteiger partial charge in [0.25, 0.3) is 0 Å². The highest BCUT2D eigenvalue weighted by molar-refractivity contribution is 5.33. The molecule has 0 aromatic heterocycles. The second-order valence-electron chi connectivity index (χ2n) is 6.38. The van der Waals surface area contributed by atoms with Crippen molar-refractivity contribution < 1.29 is 0 Å². The molecule has 0 spiro atoms. The maximum atomic E-state index is 6.78. The molecule has 1 aromatic rings. The first kappa shape index (κ1) is 15.5. The number of rotatable bonds is 5. The van der Waals surface area contributed by atoms with Crippen LogP contribution >= 0.6 is 0 Å². The van der Waals surface area contributed by atoms with E-state index in [1.54, 1.807) is 0 Å². The van der Waals surface area contributed by atoms with Gasteiger partial charge in [0.2, 0.25) is 0 Å². The molecule has 1 unspecified atom stereocenters. The smallest absolute Gasteiger partial charge is 0.0482 e. The summed E-state index contributed by atoms with van der Waals surface area (Å²) >= 11 is 0. The van der Waals surface area contributed by atoms with E-state index >= 15 is 0 Å². The monoisotopic (exact) mass is 274 g/mol. The van der Waals surface area contributed by atoms with Crippen LogP contribution in [0.4, 0.5) is 0 Å². The first-order valence-corrected chi connectivity index (χ1v) is 8.12. The van der Waals surface area contributed by atoms with Crippen molar-refractivity contribution in [2.75, 3.05) is 13.1 Å². The predicted octanol–water partition coefficient (Wildman–Crippen LogP) is 3.96. The molecule has 1 fully saturated rings.